The van der Waals surface area contributed by atoms with Gasteiger partial charge in [-0.1, -0.05) is 36.4 Å². The minimum atomic E-state index is -0.536. The van der Waals surface area contributed by atoms with Crippen molar-refractivity contribution >= 4 is 73.8 Å². The number of carbonyl (C=O) groups is 5. The minimum absolute atomic E-state index is 0.0319. The molecule has 0 spiro atoms. The Morgan fingerprint density at radius 3 is 1.67 bits per heavy atom. The molecule has 14 heteroatoms. The second-order valence-electron chi connectivity index (χ2n) is 14.3. The Bertz CT molecular complexity index is 2690. The number of nitrogens with zero attached hydrogens (tertiary/aromatic N) is 2. The summed E-state index contributed by atoms with van der Waals surface area (Å²) in [5.41, 5.74) is 9.67. The normalized spacial score (nSPS) is 16.1. The molecule has 14 nitrogen and oxygen atoms in total. The molecule has 0 unspecified atom stereocenters. The molecule has 0 aromatic heterocycles. The Kier molecular flexibility index (Phi) is 10.4. The third kappa shape index (κ3) is 7.06. The van der Waals surface area contributed by atoms with Crippen LogP contribution in [0.4, 0.5) is 22.7 Å². The third-order valence-electron chi connectivity index (χ3n) is 10.6. The molecule has 0 aliphatic carbocycles. The van der Waals surface area contributed by atoms with Crippen LogP contribution >= 0.6 is 0 Å². The lowest BCUT2D eigenvalue weighted by molar-refractivity contribution is -0.115. The van der Waals surface area contributed by atoms with E-state index in [0.29, 0.717) is 123 Å². The number of benzene rings is 6. The van der Waals surface area contributed by atoms with Gasteiger partial charge >= 0.3 is 0 Å². The summed E-state index contributed by atoms with van der Waals surface area (Å²) in [4.78, 5) is 71.1. The van der Waals surface area contributed by atoms with Gasteiger partial charge in [-0.25, -0.2) is 9.80 Å². The fourth-order valence-corrected chi connectivity index (χ4v) is 7.77. The van der Waals surface area contributed by atoms with Crippen LogP contribution in [0.15, 0.2) is 103 Å². The van der Waals surface area contributed by atoms with E-state index in [9.17, 15) is 24.0 Å². The molecule has 6 aromatic carbocycles. The molecule has 0 saturated heterocycles. The predicted molar refractivity (Wildman–Crippen MR) is 223 cm³/mol. The van der Waals surface area contributed by atoms with Crippen molar-refractivity contribution in [3.63, 3.8) is 0 Å². The van der Waals surface area contributed by atoms with Crippen molar-refractivity contribution in [3.05, 3.63) is 131 Å². The van der Waals surface area contributed by atoms with Crippen LogP contribution in [-0.4, -0.2) is 82.4 Å². The molecule has 3 aliphatic heterocycles. The van der Waals surface area contributed by atoms with Crippen molar-refractivity contribution in [1.29, 1.82) is 0 Å². The molecule has 60 heavy (non-hydrogen) atoms. The Labute approximate surface area is 343 Å². The van der Waals surface area contributed by atoms with E-state index in [1.54, 1.807) is 103 Å². The highest BCUT2D eigenvalue weighted by molar-refractivity contribution is 6.37. The second-order valence-corrected chi connectivity index (χ2v) is 14.3. The maximum absolute atomic E-state index is 14.1. The molecule has 0 saturated carbocycles. The zero-order valence-corrected chi connectivity index (χ0v) is 32.2. The SMILES string of the molecule is Nc1ccc2c3c(cccc13)C(=O)N(c1ccc(CC(=O)Nc3ccc4c5c(cccc35)C(=O)N(c3ccc5c(c3)OCCOCCOCCOCCO5)C4=O)cc1)C2=O. The van der Waals surface area contributed by atoms with Gasteiger partial charge in [0.1, 0.15) is 13.2 Å². The number of nitrogens with one attached hydrogen (secondary N) is 1. The van der Waals surface area contributed by atoms with Crippen LogP contribution in [0.2, 0.25) is 0 Å². The van der Waals surface area contributed by atoms with Gasteiger partial charge in [-0.15, -0.1) is 0 Å². The lowest BCUT2D eigenvalue weighted by atomic mass is 9.92. The van der Waals surface area contributed by atoms with E-state index < -0.39 is 23.6 Å². The van der Waals surface area contributed by atoms with Gasteiger partial charge in [0, 0.05) is 61.2 Å². The number of imide groups is 2. The topological polar surface area (TPSA) is 176 Å². The molecular formula is C46H38N4O10. The Morgan fingerprint density at radius 2 is 1.03 bits per heavy atom. The van der Waals surface area contributed by atoms with Crippen molar-refractivity contribution in [1.82, 2.24) is 0 Å². The lowest BCUT2D eigenvalue weighted by Crippen LogP contribution is -2.40. The van der Waals surface area contributed by atoms with Gasteiger partial charge < -0.3 is 34.7 Å². The average Bonchev–Trinajstić information content (AvgIpc) is 3.26. The highest BCUT2D eigenvalue weighted by Crippen LogP contribution is 2.40. The number of hydrogen-bond acceptors (Lipinski definition) is 11. The summed E-state index contributed by atoms with van der Waals surface area (Å²) in [7, 11) is 0. The number of hydrogen-bond donors (Lipinski definition) is 2. The Morgan fingerprint density at radius 1 is 0.533 bits per heavy atom. The fraction of sp³-hybridized carbons (Fsp3) is 0.196. The van der Waals surface area contributed by atoms with Gasteiger partial charge in [0.15, 0.2) is 11.5 Å². The lowest BCUT2D eigenvalue weighted by Gasteiger charge is -2.28. The van der Waals surface area contributed by atoms with Gasteiger partial charge in [0.2, 0.25) is 5.91 Å². The highest BCUT2D eigenvalue weighted by atomic mass is 16.6. The van der Waals surface area contributed by atoms with Crippen molar-refractivity contribution in [2.45, 2.75) is 6.42 Å². The number of rotatable bonds is 5. The quantitative estimate of drug-likeness (QED) is 0.150. The number of carbonyl (C=O) groups excluding carboxylic acids is 5. The van der Waals surface area contributed by atoms with Crippen LogP contribution in [0.1, 0.15) is 47.0 Å². The van der Waals surface area contributed by atoms with E-state index in [-0.39, 0.29) is 25.5 Å². The van der Waals surface area contributed by atoms with Crippen LogP contribution < -0.4 is 30.3 Å². The van der Waals surface area contributed by atoms with Crippen LogP contribution in [0.25, 0.3) is 21.5 Å². The Hall–Kier alpha value is -7.13. The van der Waals surface area contributed by atoms with E-state index in [0.717, 1.165) is 9.80 Å². The number of nitrogen functional groups attached to an aromatic ring is 1. The maximum Gasteiger partial charge on any atom is 0.265 e. The summed E-state index contributed by atoms with van der Waals surface area (Å²) in [6.45, 7) is 2.76. The zero-order chi connectivity index (χ0) is 41.3. The zero-order valence-electron chi connectivity index (χ0n) is 32.2. The first-order chi connectivity index (χ1) is 29.3. The number of ether oxygens (including phenoxy) is 5. The van der Waals surface area contributed by atoms with E-state index in [4.69, 9.17) is 29.4 Å². The number of nitrogens with two attached hydrogens (primary N) is 1. The molecule has 0 fully saturated rings. The smallest absolute Gasteiger partial charge is 0.265 e. The summed E-state index contributed by atoms with van der Waals surface area (Å²) in [6.07, 6.45) is -0.0319. The van der Waals surface area contributed by atoms with E-state index >= 15 is 0 Å². The summed E-state index contributed by atoms with van der Waals surface area (Å²) in [5, 5.41) is 5.08. The second kappa shape index (κ2) is 16.3. The van der Waals surface area contributed by atoms with Gasteiger partial charge in [0.05, 0.1) is 57.4 Å². The standard InChI is InChI=1S/C46H38N4O10/c47-36-14-12-34-41-30(36)3-1-5-32(41)43(52)49(45(34)54)28-9-7-27(8-10-28)25-40(51)48-37-15-13-35-42-31(37)4-2-6-33(42)44(53)50(46(35)55)29-11-16-38-39(26-29)60-24-22-58-20-18-56-17-19-57-21-23-59-38/h1-16,26H,17-25,47H2,(H,48,51). The highest BCUT2D eigenvalue weighted by Gasteiger charge is 2.36. The first-order valence-electron chi connectivity index (χ1n) is 19.4. The number of anilines is 4. The molecule has 5 amide bonds. The van der Waals surface area contributed by atoms with Crippen molar-refractivity contribution in [3.8, 4) is 11.5 Å². The summed E-state index contributed by atoms with van der Waals surface area (Å²) in [6, 6.07) is 28.3. The number of amides is 5. The Balaban J connectivity index is 0.916. The molecule has 6 aromatic rings. The minimum Gasteiger partial charge on any atom is -0.487 e. The van der Waals surface area contributed by atoms with Gasteiger partial charge in [-0.05, 0) is 66.2 Å². The molecule has 0 atom stereocenters. The molecule has 302 valence electrons. The van der Waals surface area contributed by atoms with E-state index in [1.807, 2.05) is 0 Å². The van der Waals surface area contributed by atoms with Gasteiger partial charge in [0.25, 0.3) is 23.6 Å². The molecule has 3 heterocycles. The molecule has 0 bridgehead atoms. The summed E-state index contributed by atoms with van der Waals surface area (Å²) >= 11 is 0. The van der Waals surface area contributed by atoms with Crippen LogP contribution in [0.5, 0.6) is 11.5 Å². The summed E-state index contributed by atoms with van der Waals surface area (Å²) in [5.74, 6) is -1.59. The molecular weight excluding hydrogens is 769 g/mol. The molecule has 0 radical (unpaired) electrons. The number of fused-ring (bicyclic) bond motifs is 1. The van der Waals surface area contributed by atoms with Crippen LogP contribution in [0, 0.1) is 0 Å². The third-order valence-corrected chi connectivity index (χ3v) is 10.6. The largest absolute Gasteiger partial charge is 0.487 e. The van der Waals surface area contributed by atoms with E-state index in [1.165, 1.54) is 0 Å². The van der Waals surface area contributed by atoms with Crippen molar-refractivity contribution in [2.75, 3.05) is 73.7 Å². The molecule has 3 aliphatic rings. The fourth-order valence-electron chi connectivity index (χ4n) is 7.77. The molecule has 3 N–H and O–H groups in total. The van der Waals surface area contributed by atoms with Crippen LogP contribution in [0.3, 0.4) is 0 Å². The first kappa shape index (κ1) is 38.4. The monoisotopic (exact) mass is 806 g/mol. The summed E-state index contributed by atoms with van der Waals surface area (Å²) < 4.78 is 28.5. The van der Waals surface area contributed by atoms with Crippen LogP contribution in [-0.2, 0) is 25.4 Å². The molecule has 9 rings (SSSR count). The first-order valence-corrected chi connectivity index (χ1v) is 19.4. The maximum atomic E-state index is 14.1. The van der Waals surface area contributed by atoms with Gasteiger partial charge in [-0.2, -0.15) is 0 Å². The predicted octanol–water partition coefficient (Wildman–Crippen LogP) is 6.18. The average molecular weight is 807 g/mol. The van der Waals surface area contributed by atoms with Crippen molar-refractivity contribution < 1.29 is 47.7 Å². The van der Waals surface area contributed by atoms with Crippen molar-refractivity contribution in [2.24, 2.45) is 0 Å². The van der Waals surface area contributed by atoms with E-state index in [2.05, 4.69) is 5.32 Å². The van der Waals surface area contributed by atoms with Gasteiger partial charge in [-0.3, -0.25) is 24.0 Å².